The van der Waals surface area contributed by atoms with Gasteiger partial charge in [-0.05, 0) is 36.2 Å². The molecule has 4 aromatic rings. The first-order valence-corrected chi connectivity index (χ1v) is 12.9. The fourth-order valence-corrected chi connectivity index (χ4v) is 6.19. The molecule has 0 radical (unpaired) electrons. The van der Waals surface area contributed by atoms with E-state index >= 15 is 0 Å². The quantitative estimate of drug-likeness (QED) is 0.309. The molecule has 7 nitrogen and oxygen atoms in total. The van der Waals surface area contributed by atoms with Crippen molar-refractivity contribution in [1.29, 1.82) is 0 Å². The third-order valence-electron chi connectivity index (χ3n) is 5.84. The van der Waals surface area contributed by atoms with Crippen LogP contribution < -0.4 is 10.9 Å². The van der Waals surface area contributed by atoms with Crippen LogP contribution in [0.15, 0.2) is 58.5 Å². The van der Waals surface area contributed by atoms with Gasteiger partial charge in [0.15, 0.2) is 5.16 Å². The van der Waals surface area contributed by atoms with E-state index in [1.807, 2.05) is 6.07 Å². The van der Waals surface area contributed by atoms with Gasteiger partial charge in [-0.1, -0.05) is 30.0 Å². The Labute approximate surface area is 212 Å². The van der Waals surface area contributed by atoms with E-state index in [1.165, 1.54) is 22.8 Å². The van der Waals surface area contributed by atoms with E-state index in [0.29, 0.717) is 46.6 Å². The summed E-state index contributed by atoms with van der Waals surface area (Å²) in [7, 11) is 0. The number of benzene rings is 2. The van der Waals surface area contributed by atoms with Crippen molar-refractivity contribution in [2.75, 3.05) is 17.6 Å². The van der Waals surface area contributed by atoms with Crippen LogP contribution >= 0.6 is 23.1 Å². The summed E-state index contributed by atoms with van der Waals surface area (Å²) >= 11 is 2.42. The van der Waals surface area contributed by atoms with Crippen molar-refractivity contribution in [1.82, 2.24) is 14.5 Å². The number of carbonyl (C=O) groups excluding carboxylic acids is 2. The van der Waals surface area contributed by atoms with Crippen LogP contribution in [0.1, 0.15) is 17.4 Å². The molecule has 1 aliphatic heterocycles. The normalized spacial score (nSPS) is 13.0. The minimum atomic E-state index is -0.877. The first-order valence-electron chi connectivity index (χ1n) is 11.1. The number of nitrogens with zero attached hydrogens (tertiary/aromatic N) is 3. The minimum Gasteiger partial charge on any atom is -0.337 e. The summed E-state index contributed by atoms with van der Waals surface area (Å²) < 4.78 is 28.6. The predicted octanol–water partition coefficient (Wildman–Crippen LogP) is 4.36. The molecule has 5 rings (SSSR count). The van der Waals surface area contributed by atoms with E-state index in [4.69, 9.17) is 4.98 Å². The molecule has 0 bridgehead atoms. The summed E-state index contributed by atoms with van der Waals surface area (Å²) in [6.45, 7) is 2.50. The topological polar surface area (TPSA) is 84.3 Å². The van der Waals surface area contributed by atoms with Gasteiger partial charge in [-0.25, -0.2) is 13.8 Å². The number of thioether (sulfide) groups is 1. The van der Waals surface area contributed by atoms with E-state index in [2.05, 4.69) is 5.32 Å². The number of para-hydroxylation sites is 1. The van der Waals surface area contributed by atoms with Crippen LogP contribution in [0.25, 0.3) is 15.9 Å². The number of hydrogen-bond donors (Lipinski definition) is 1. The molecule has 0 saturated heterocycles. The third-order valence-corrected chi connectivity index (χ3v) is 7.89. The standard InChI is InChI=1S/C25H20F2N4O3S2/c1-14(32)30-10-9-17-20(12-30)36-23-22(17)24(34)31(16-5-3-2-4-6-16)25(29-23)35-13-21(33)28-19-8-7-15(26)11-18(19)27/h2-8,11H,9-10,12-13H2,1H3,(H,28,33). The van der Waals surface area contributed by atoms with Gasteiger partial charge in [-0.3, -0.25) is 19.0 Å². The molecule has 2 amide bonds. The molecule has 2 aromatic carbocycles. The number of rotatable bonds is 5. The van der Waals surface area contributed by atoms with Gasteiger partial charge in [0.25, 0.3) is 5.56 Å². The van der Waals surface area contributed by atoms with Gasteiger partial charge in [0.1, 0.15) is 16.5 Å². The van der Waals surface area contributed by atoms with Crippen molar-refractivity contribution in [3.63, 3.8) is 0 Å². The van der Waals surface area contributed by atoms with Crippen molar-refractivity contribution in [3.8, 4) is 5.69 Å². The Morgan fingerprint density at radius 1 is 1.17 bits per heavy atom. The second-order valence-corrected chi connectivity index (χ2v) is 10.2. The molecule has 3 heterocycles. The van der Waals surface area contributed by atoms with E-state index in [-0.39, 0.29) is 22.9 Å². The second-order valence-electron chi connectivity index (χ2n) is 8.21. The van der Waals surface area contributed by atoms with Crippen LogP contribution in [0.4, 0.5) is 14.5 Å². The van der Waals surface area contributed by atoms with Crippen LogP contribution in [-0.4, -0.2) is 38.6 Å². The molecule has 0 saturated carbocycles. The summed E-state index contributed by atoms with van der Waals surface area (Å²) in [5.74, 6) is -2.31. The second kappa shape index (κ2) is 9.82. The van der Waals surface area contributed by atoms with Crippen molar-refractivity contribution < 1.29 is 18.4 Å². The van der Waals surface area contributed by atoms with Crippen LogP contribution in [0.3, 0.4) is 0 Å². The maximum absolute atomic E-state index is 13.9. The number of halogens is 2. The molecule has 11 heteroatoms. The number of thiophene rings is 1. The summed E-state index contributed by atoms with van der Waals surface area (Å²) in [6, 6.07) is 11.9. The van der Waals surface area contributed by atoms with Gasteiger partial charge < -0.3 is 10.2 Å². The number of nitrogens with one attached hydrogen (secondary N) is 1. The molecule has 1 aliphatic rings. The first-order chi connectivity index (χ1) is 17.3. The van der Waals surface area contributed by atoms with Crippen LogP contribution in [-0.2, 0) is 22.6 Å². The first kappa shape index (κ1) is 24.1. The average Bonchev–Trinajstić information content (AvgIpc) is 3.23. The fraction of sp³-hybridized carbons (Fsp3) is 0.200. The highest BCUT2D eigenvalue weighted by Gasteiger charge is 2.26. The van der Waals surface area contributed by atoms with Gasteiger partial charge in [-0.15, -0.1) is 11.3 Å². The van der Waals surface area contributed by atoms with Crippen molar-refractivity contribution in [2.45, 2.75) is 25.0 Å². The Morgan fingerprint density at radius 3 is 2.67 bits per heavy atom. The molecule has 0 spiro atoms. The highest BCUT2D eigenvalue weighted by Crippen LogP contribution is 2.34. The molecule has 0 fully saturated rings. The van der Waals surface area contributed by atoms with E-state index in [0.717, 1.165) is 34.3 Å². The number of hydrogen-bond acceptors (Lipinski definition) is 6. The number of aromatic nitrogens is 2. The van der Waals surface area contributed by atoms with E-state index in [1.54, 1.807) is 29.2 Å². The van der Waals surface area contributed by atoms with Gasteiger partial charge in [0.2, 0.25) is 11.8 Å². The SMILES string of the molecule is CC(=O)N1CCc2c(sc3nc(SCC(=O)Nc4ccc(F)cc4F)n(-c4ccccc4)c(=O)c23)C1. The van der Waals surface area contributed by atoms with Gasteiger partial charge in [-0.2, -0.15) is 0 Å². The van der Waals surface area contributed by atoms with Crippen LogP contribution in [0, 0.1) is 11.6 Å². The minimum absolute atomic E-state index is 0.0207. The third kappa shape index (κ3) is 4.63. The average molecular weight is 527 g/mol. The summed E-state index contributed by atoms with van der Waals surface area (Å²) in [4.78, 5) is 46.1. The lowest BCUT2D eigenvalue weighted by Gasteiger charge is -2.25. The molecule has 0 atom stereocenters. The summed E-state index contributed by atoms with van der Waals surface area (Å²) in [5.41, 5.74) is 1.14. The molecular weight excluding hydrogens is 506 g/mol. The predicted molar refractivity (Wildman–Crippen MR) is 136 cm³/mol. The Balaban J connectivity index is 1.51. The monoisotopic (exact) mass is 526 g/mol. The Morgan fingerprint density at radius 2 is 1.94 bits per heavy atom. The molecule has 0 aliphatic carbocycles. The lowest BCUT2D eigenvalue weighted by Crippen LogP contribution is -2.34. The largest absolute Gasteiger partial charge is 0.337 e. The van der Waals surface area contributed by atoms with E-state index < -0.39 is 17.5 Å². The van der Waals surface area contributed by atoms with Gasteiger partial charge in [0.05, 0.1) is 29.1 Å². The zero-order valence-electron chi connectivity index (χ0n) is 19.1. The molecule has 36 heavy (non-hydrogen) atoms. The molecule has 184 valence electrons. The van der Waals surface area contributed by atoms with Crippen molar-refractivity contribution in [3.05, 3.63) is 81.0 Å². The summed E-state index contributed by atoms with van der Waals surface area (Å²) in [6.07, 6.45) is 0.568. The number of carbonyl (C=O) groups is 2. The Bertz CT molecular complexity index is 1550. The lowest BCUT2D eigenvalue weighted by atomic mass is 10.1. The fourth-order valence-electron chi connectivity index (χ4n) is 4.10. The van der Waals surface area contributed by atoms with Crippen LogP contribution in [0.2, 0.25) is 0 Å². The lowest BCUT2D eigenvalue weighted by molar-refractivity contribution is -0.129. The smallest absolute Gasteiger partial charge is 0.267 e. The maximum Gasteiger partial charge on any atom is 0.267 e. The summed E-state index contributed by atoms with van der Waals surface area (Å²) in [5, 5.41) is 3.27. The number of anilines is 1. The van der Waals surface area contributed by atoms with Crippen molar-refractivity contribution in [2.24, 2.45) is 0 Å². The Kier molecular flexibility index (Phi) is 6.59. The van der Waals surface area contributed by atoms with Gasteiger partial charge >= 0.3 is 0 Å². The van der Waals surface area contributed by atoms with E-state index in [9.17, 15) is 23.2 Å². The molecule has 2 aromatic heterocycles. The zero-order chi connectivity index (χ0) is 25.4. The number of fused-ring (bicyclic) bond motifs is 3. The van der Waals surface area contributed by atoms with Crippen LogP contribution in [0.5, 0.6) is 0 Å². The van der Waals surface area contributed by atoms with Gasteiger partial charge in [0, 0.05) is 24.4 Å². The maximum atomic E-state index is 13.9. The molecular formula is C25H20F2N4O3S2. The Hall–Kier alpha value is -3.57. The molecule has 1 N–H and O–H groups in total. The highest BCUT2D eigenvalue weighted by molar-refractivity contribution is 7.99. The zero-order valence-corrected chi connectivity index (χ0v) is 20.7. The highest BCUT2D eigenvalue weighted by atomic mass is 32.2. The molecule has 0 unspecified atom stereocenters. The van der Waals surface area contributed by atoms with Crippen molar-refractivity contribution >= 4 is 50.8 Å². The number of amides is 2.